The first-order chi connectivity index (χ1) is 41.8. The predicted octanol–water partition coefficient (Wildman–Crippen LogP) is -3.62. The molecule has 0 aromatic heterocycles. The van der Waals surface area contributed by atoms with E-state index >= 15 is 0 Å². The van der Waals surface area contributed by atoms with Gasteiger partial charge in [-0.15, -0.1) is 0 Å². The van der Waals surface area contributed by atoms with E-state index in [1.54, 1.807) is 48.7 Å². The third-order valence-corrected chi connectivity index (χ3v) is 17.3. The van der Waals surface area contributed by atoms with E-state index in [0.29, 0.717) is 38.6 Å². The van der Waals surface area contributed by atoms with Gasteiger partial charge in [0, 0.05) is 19.1 Å². The number of aliphatic hydroxyl groups excluding tert-OH is 11. The van der Waals surface area contributed by atoms with Gasteiger partial charge in [-0.2, -0.15) is 0 Å². The molecule has 31 heteroatoms. The maximum Gasteiger partial charge on any atom is 0.407 e. The fourth-order valence-electron chi connectivity index (χ4n) is 12.3. The summed E-state index contributed by atoms with van der Waals surface area (Å²) in [6.45, 7) is 21.9. The second kappa shape index (κ2) is 33.5. The summed E-state index contributed by atoms with van der Waals surface area (Å²) >= 11 is 0. The van der Waals surface area contributed by atoms with Gasteiger partial charge in [-0.25, -0.2) is 9.59 Å². The van der Waals surface area contributed by atoms with Crippen LogP contribution in [-0.4, -0.2) is 301 Å². The first-order valence-corrected chi connectivity index (χ1v) is 31.5. The average Bonchev–Trinajstić information content (AvgIpc) is 0.836. The second-order valence-electron chi connectivity index (χ2n) is 27.6. The van der Waals surface area contributed by atoms with Gasteiger partial charge in [0.2, 0.25) is 0 Å². The van der Waals surface area contributed by atoms with Crippen molar-refractivity contribution in [2.45, 2.75) is 297 Å². The summed E-state index contributed by atoms with van der Waals surface area (Å²) in [5.74, 6) is -0.937. The number of alkyl carbamates (subject to hydrolysis) is 2. The summed E-state index contributed by atoms with van der Waals surface area (Å²) < 4.78 is 61.9. The van der Waals surface area contributed by atoms with Crippen LogP contribution >= 0.6 is 0 Å². The number of epoxide rings is 1. The Kier molecular flexibility index (Phi) is 29.1. The Morgan fingerprint density at radius 3 is 1.38 bits per heavy atom. The molecule has 2 aliphatic carbocycles. The minimum absolute atomic E-state index is 0.0515. The van der Waals surface area contributed by atoms with Gasteiger partial charge in [0.25, 0.3) is 0 Å². The standard InChI is InChI=1S/C30H56N2O13.C21H40N2O10.C8H15NO3/c1-8-17-18(34)19(35)20(36)27(42-17)43-23-14(2)11-15(9-10-16(33)12-32-28(39)45-29(3,4)5)24(21(23)37)44-26-22(38)25(31-7)30(6,40)13-41-26;1-5-10-11(24)12(25)13(26)20(31-10)32-16-8(2)6-9(22)17(14(16)27)33-19-15(28)18(23-4)21(3,29)7-30-19;1-8(2,3)12-7(10)9-4-6-5-11-6/h14-27,31,33-38,40H,8-13H2,1-7H3,(H,32,39);8-20,23-29H,5-7,22H2,1-4H3;6H,4-5H2,1-3H3,(H,9,10)/t14-,15+,16?,17+,18+,19-,20+,21-,22+,23?,24-,25+,26+,27+,30-;8-,9+,10+,11+,12-,13+,14-,15+,16?,17-,18+,19+,20+,21-;/m00./s1. The van der Waals surface area contributed by atoms with E-state index in [-0.39, 0.29) is 56.1 Å². The number of nitrogens with two attached hydrogens (primary N) is 1. The highest BCUT2D eigenvalue weighted by molar-refractivity contribution is 5.68. The Labute approximate surface area is 527 Å². The summed E-state index contributed by atoms with van der Waals surface area (Å²) in [6.07, 6.45) is -23.7. The largest absolute Gasteiger partial charge is 0.444 e. The molecule has 0 spiro atoms. The highest BCUT2D eigenvalue weighted by Gasteiger charge is 2.55. The summed E-state index contributed by atoms with van der Waals surface area (Å²) in [7, 11) is 3.19. The molecule has 5 heterocycles. The van der Waals surface area contributed by atoms with Crippen molar-refractivity contribution in [1.29, 1.82) is 0 Å². The fraction of sp³-hybridized carbons (Fsp3) is 0.966. The minimum atomic E-state index is -1.57. The lowest BCUT2D eigenvalue weighted by Gasteiger charge is -2.49. The van der Waals surface area contributed by atoms with Gasteiger partial charge in [0.1, 0.15) is 89.5 Å². The number of likely N-dealkylation sites (N-methyl/N-ethyl adjacent to an activating group) is 2. The number of nitrogens with one attached hydrogen (secondary N) is 4. The molecule has 7 aliphatic rings. The monoisotopic (exact) mass is 1310 g/mol. The number of carbonyl (C=O) groups is 2. The minimum Gasteiger partial charge on any atom is -0.444 e. The molecule has 0 radical (unpaired) electrons. The molecule has 30 atom stereocenters. The van der Waals surface area contributed by atoms with E-state index in [2.05, 4.69) is 21.3 Å². The number of amides is 2. The van der Waals surface area contributed by atoms with Crippen LogP contribution in [0.15, 0.2) is 0 Å². The normalized spacial score (nSPS) is 44.3. The molecule has 19 N–H and O–H groups in total. The molecule has 5 aliphatic heterocycles. The molecule has 0 aromatic rings. The summed E-state index contributed by atoms with van der Waals surface area (Å²) in [5.41, 5.74) is 2.43. The topological polar surface area (TPSA) is 476 Å². The first-order valence-electron chi connectivity index (χ1n) is 31.5. The molecule has 0 bridgehead atoms. The van der Waals surface area contributed by atoms with E-state index in [1.165, 1.54) is 13.8 Å². The van der Waals surface area contributed by atoms with Gasteiger partial charge in [-0.05, 0) is 126 Å². The third-order valence-electron chi connectivity index (χ3n) is 17.3. The lowest BCUT2D eigenvalue weighted by molar-refractivity contribution is -0.338. The summed E-state index contributed by atoms with van der Waals surface area (Å²) in [5, 5.41) is 149. The van der Waals surface area contributed by atoms with Crippen molar-refractivity contribution in [3.8, 4) is 0 Å². The molecule has 2 saturated carbocycles. The molecule has 528 valence electrons. The van der Waals surface area contributed by atoms with Gasteiger partial charge >= 0.3 is 12.2 Å². The Bertz CT molecular complexity index is 2160. The number of hydrogen-bond donors (Lipinski definition) is 18. The van der Waals surface area contributed by atoms with Crippen LogP contribution in [0.3, 0.4) is 0 Å². The molecule has 90 heavy (non-hydrogen) atoms. The molecule has 5 saturated heterocycles. The van der Waals surface area contributed by atoms with E-state index in [4.69, 9.17) is 57.8 Å². The van der Waals surface area contributed by atoms with Crippen LogP contribution in [-0.2, 0) is 52.1 Å². The molecular weight excluding hydrogens is 1190 g/mol. The number of aliphatic hydroxyl groups is 13. The van der Waals surface area contributed by atoms with E-state index in [0.717, 1.165) is 6.61 Å². The molecule has 2 amide bonds. The summed E-state index contributed by atoms with van der Waals surface area (Å²) in [4.78, 5) is 23.0. The first kappa shape index (κ1) is 78.2. The van der Waals surface area contributed by atoms with Crippen molar-refractivity contribution in [2.24, 2.45) is 23.5 Å². The van der Waals surface area contributed by atoms with Gasteiger partial charge in [0.05, 0.1) is 74.6 Å². The zero-order chi connectivity index (χ0) is 67.7. The molecule has 7 fully saturated rings. The van der Waals surface area contributed by atoms with Crippen LogP contribution < -0.4 is 27.0 Å². The van der Waals surface area contributed by atoms with Crippen molar-refractivity contribution >= 4 is 12.2 Å². The molecule has 0 aromatic carbocycles. The average molecular weight is 1310 g/mol. The summed E-state index contributed by atoms with van der Waals surface area (Å²) in [6, 6.07) is -2.13. The lowest BCUT2D eigenvalue weighted by atomic mass is 9.74. The zero-order valence-electron chi connectivity index (χ0n) is 54.6. The van der Waals surface area contributed by atoms with Crippen LogP contribution in [0.25, 0.3) is 0 Å². The van der Waals surface area contributed by atoms with Crippen molar-refractivity contribution in [1.82, 2.24) is 21.3 Å². The Morgan fingerprint density at radius 1 is 0.567 bits per heavy atom. The van der Waals surface area contributed by atoms with Gasteiger partial charge in [0.15, 0.2) is 25.2 Å². The number of carbonyl (C=O) groups excluding carboxylic acids is 2. The highest BCUT2D eigenvalue weighted by Crippen LogP contribution is 2.41. The van der Waals surface area contributed by atoms with E-state index < -0.39 is 176 Å². The van der Waals surface area contributed by atoms with Gasteiger partial charge in [-0.1, -0.05) is 27.7 Å². The van der Waals surface area contributed by atoms with Crippen molar-refractivity contribution in [2.75, 3.05) is 47.0 Å². The third kappa shape index (κ3) is 21.3. The molecule has 4 unspecified atom stereocenters. The van der Waals surface area contributed by atoms with Crippen LogP contribution in [0.4, 0.5) is 9.59 Å². The Morgan fingerprint density at radius 2 is 0.967 bits per heavy atom. The van der Waals surface area contributed by atoms with Crippen LogP contribution in [0, 0.1) is 17.8 Å². The highest BCUT2D eigenvalue weighted by atomic mass is 16.7. The van der Waals surface area contributed by atoms with Gasteiger partial charge < -0.3 is 145 Å². The smallest absolute Gasteiger partial charge is 0.407 e. The number of rotatable bonds is 19. The molecule has 7 rings (SSSR count). The van der Waals surface area contributed by atoms with Crippen molar-refractivity contribution in [3.63, 3.8) is 0 Å². The second-order valence-corrected chi connectivity index (χ2v) is 27.6. The fourth-order valence-corrected chi connectivity index (χ4v) is 12.3. The maximum atomic E-state index is 12.0. The Balaban J connectivity index is 0.000000284. The van der Waals surface area contributed by atoms with Crippen molar-refractivity contribution in [3.05, 3.63) is 0 Å². The quantitative estimate of drug-likeness (QED) is 0.0555. The zero-order valence-corrected chi connectivity index (χ0v) is 54.6. The number of ether oxygens (including phenoxy) is 11. The Hall–Kier alpha value is -2.46. The van der Waals surface area contributed by atoms with Crippen LogP contribution in [0.1, 0.15) is 122 Å². The van der Waals surface area contributed by atoms with E-state index in [9.17, 15) is 76.0 Å². The van der Waals surface area contributed by atoms with Crippen molar-refractivity contribution < 1.29 is 128 Å². The van der Waals surface area contributed by atoms with Crippen LogP contribution in [0.5, 0.6) is 0 Å². The van der Waals surface area contributed by atoms with Gasteiger partial charge in [-0.3, -0.25) is 0 Å². The molecule has 31 nitrogen and oxygen atoms in total. The molecular formula is C59H111N5O26. The number of hydrogen-bond acceptors (Lipinski definition) is 29. The van der Waals surface area contributed by atoms with E-state index in [1.807, 2.05) is 34.6 Å². The maximum absolute atomic E-state index is 12.0. The SMILES string of the molecule is CC(C)(C)OC(=O)NCC1CO1.CC[C@H]1O[C@H](OC2[C@@H](C)C[C@@H](CCC(O)CNC(=O)OC(C)(C)C)[C@H](O[C@H]3OC[C@](C)(O)[C@H](NC)[C@H]3O)[C@H]2O)[C@H](O)[C@@H](O)[C@@H]1O.CC[C@H]1O[C@H](OC2[C@@H](C)C[C@@H](N)[C@H](O[C@H]3OC[C@](C)(O)[C@H](NC)[C@H]3O)[C@H]2O)[C@H](O)[C@@H](O)[C@@H]1O. The predicted molar refractivity (Wildman–Crippen MR) is 316 cm³/mol. The van der Waals surface area contributed by atoms with Crippen LogP contribution in [0.2, 0.25) is 0 Å². The lowest BCUT2D eigenvalue weighted by Crippen LogP contribution is -2.67.